The molecule has 0 amide bonds. The standard InChI is InChI=1S/C17H17F2NO/c1-20-16(10-13-14(18)6-3-7-15(13)19)12-5-2-4-11-8-9-21-17(11)12/h2-7,16,20H,8-10H2,1H3. The third kappa shape index (κ3) is 2.63. The molecule has 0 spiro atoms. The molecule has 2 nitrogen and oxygen atoms in total. The summed E-state index contributed by atoms with van der Waals surface area (Å²) in [5.74, 6) is -0.166. The van der Waals surface area contributed by atoms with Crippen molar-refractivity contribution in [2.24, 2.45) is 0 Å². The van der Waals surface area contributed by atoms with Gasteiger partial charge < -0.3 is 10.1 Å². The average Bonchev–Trinajstić information content (AvgIpc) is 2.96. The van der Waals surface area contributed by atoms with E-state index in [0.717, 1.165) is 23.3 Å². The van der Waals surface area contributed by atoms with Crippen molar-refractivity contribution in [2.45, 2.75) is 18.9 Å². The molecular weight excluding hydrogens is 272 g/mol. The summed E-state index contributed by atoms with van der Waals surface area (Å²) in [6, 6.07) is 9.71. The minimum absolute atomic E-state index is 0.104. The number of ether oxygens (including phenoxy) is 1. The quantitative estimate of drug-likeness (QED) is 0.931. The summed E-state index contributed by atoms with van der Waals surface area (Å²) >= 11 is 0. The van der Waals surface area contributed by atoms with Gasteiger partial charge in [-0.05, 0) is 31.2 Å². The number of likely N-dealkylation sites (N-methyl/N-ethyl adjacent to an activating group) is 1. The summed E-state index contributed by atoms with van der Waals surface area (Å²) in [5.41, 5.74) is 2.21. The first kappa shape index (κ1) is 14.0. The predicted octanol–water partition coefficient (Wildman–Crippen LogP) is 3.40. The van der Waals surface area contributed by atoms with Crippen LogP contribution in [0.5, 0.6) is 5.75 Å². The Balaban J connectivity index is 1.95. The van der Waals surface area contributed by atoms with Crippen molar-refractivity contribution in [3.63, 3.8) is 0 Å². The van der Waals surface area contributed by atoms with Crippen molar-refractivity contribution in [1.82, 2.24) is 5.32 Å². The summed E-state index contributed by atoms with van der Waals surface area (Å²) in [4.78, 5) is 0. The molecule has 0 fully saturated rings. The molecule has 1 aliphatic rings. The number of fused-ring (bicyclic) bond motifs is 1. The normalized spacial score (nSPS) is 14.6. The van der Waals surface area contributed by atoms with Gasteiger partial charge in [-0.1, -0.05) is 24.3 Å². The fourth-order valence-corrected chi connectivity index (χ4v) is 2.81. The first-order valence-electron chi connectivity index (χ1n) is 7.05. The van der Waals surface area contributed by atoms with E-state index in [4.69, 9.17) is 4.74 Å². The van der Waals surface area contributed by atoms with Crippen molar-refractivity contribution in [1.29, 1.82) is 0 Å². The molecule has 0 saturated heterocycles. The molecule has 2 aromatic rings. The number of rotatable bonds is 4. The molecule has 3 rings (SSSR count). The molecule has 1 N–H and O–H groups in total. The van der Waals surface area contributed by atoms with Gasteiger partial charge in [0.25, 0.3) is 0 Å². The molecule has 1 atom stereocenters. The van der Waals surface area contributed by atoms with E-state index < -0.39 is 11.6 Å². The Kier molecular flexibility index (Phi) is 3.88. The van der Waals surface area contributed by atoms with Crippen LogP contribution in [0.2, 0.25) is 0 Å². The Hall–Kier alpha value is -1.94. The third-order valence-corrected chi connectivity index (χ3v) is 3.94. The molecule has 21 heavy (non-hydrogen) atoms. The highest BCUT2D eigenvalue weighted by molar-refractivity contribution is 5.46. The lowest BCUT2D eigenvalue weighted by Gasteiger charge is -2.20. The van der Waals surface area contributed by atoms with Crippen molar-refractivity contribution >= 4 is 0 Å². The van der Waals surface area contributed by atoms with E-state index >= 15 is 0 Å². The maximum atomic E-state index is 13.8. The monoisotopic (exact) mass is 289 g/mol. The third-order valence-electron chi connectivity index (χ3n) is 3.94. The second-order valence-corrected chi connectivity index (χ2v) is 5.18. The highest BCUT2D eigenvalue weighted by atomic mass is 19.1. The molecular formula is C17H17F2NO. The zero-order chi connectivity index (χ0) is 14.8. The molecule has 0 radical (unpaired) electrons. The van der Waals surface area contributed by atoms with Crippen LogP contribution in [0.15, 0.2) is 36.4 Å². The van der Waals surface area contributed by atoms with E-state index in [1.807, 2.05) is 18.2 Å². The smallest absolute Gasteiger partial charge is 0.129 e. The largest absolute Gasteiger partial charge is 0.493 e. The van der Waals surface area contributed by atoms with Gasteiger partial charge in [0, 0.05) is 23.6 Å². The van der Waals surface area contributed by atoms with Gasteiger partial charge in [0.1, 0.15) is 17.4 Å². The lowest BCUT2D eigenvalue weighted by Crippen LogP contribution is -2.20. The molecule has 0 saturated carbocycles. The average molecular weight is 289 g/mol. The topological polar surface area (TPSA) is 21.3 Å². The van der Waals surface area contributed by atoms with E-state index in [2.05, 4.69) is 5.32 Å². The van der Waals surface area contributed by atoms with Crippen LogP contribution >= 0.6 is 0 Å². The van der Waals surface area contributed by atoms with Crippen LogP contribution in [0, 0.1) is 11.6 Å². The Morgan fingerprint density at radius 2 is 1.86 bits per heavy atom. The number of hydrogen-bond acceptors (Lipinski definition) is 2. The van der Waals surface area contributed by atoms with Crippen molar-refractivity contribution in [3.05, 3.63) is 64.7 Å². The first-order chi connectivity index (χ1) is 10.2. The highest BCUT2D eigenvalue weighted by Gasteiger charge is 2.23. The van der Waals surface area contributed by atoms with Gasteiger partial charge in [-0.2, -0.15) is 0 Å². The van der Waals surface area contributed by atoms with E-state index in [1.165, 1.54) is 18.2 Å². The predicted molar refractivity (Wildman–Crippen MR) is 77.5 cm³/mol. The summed E-state index contributed by atoms with van der Waals surface area (Å²) in [6.45, 7) is 0.664. The number of benzene rings is 2. The molecule has 1 heterocycles. The van der Waals surface area contributed by atoms with Crippen LogP contribution in [0.3, 0.4) is 0 Å². The van der Waals surface area contributed by atoms with Gasteiger partial charge in [-0.25, -0.2) is 8.78 Å². The second-order valence-electron chi connectivity index (χ2n) is 5.18. The van der Waals surface area contributed by atoms with E-state index in [-0.39, 0.29) is 18.0 Å². The second kappa shape index (κ2) is 5.82. The molecule has 0 aliphatic carbocycles. The van der Waals surface area contributed by atoms with E-state index in [0.29, 0.717) is 6.61 Å². The summed E-state index contributed by atoms with van der Waals surface area (Å²) < 4.78 is 33.4. The Morgan fingerprint density at radius 3 is 2.57 bits per heavy atom. The molecule has 110 valence electrons. The van der Waals surface area contributed by atoms with Gasteiger partial charge in [0.05, 0.1) is 6.61 Å². The minimum Gasteiger partial charge on any atom is -0.493 e. The van der Waals surface area contributed by atoms with Crippen LogP contribution in [0.4, 0.5) is 8.78 Å². The van der Waals surface area contributed by atoms with E-state index in [1.54, 1.807) is 7.05 Å². The van der Waals surface area contributed by atoms with E-state index in [9.17, 15) is 8.78 Å². The van der Waals surface area contributed by atoms with Crippen LogP contribution in [0.1, 0.15) is 22.7 Å². The zero-order valence-corrected chi connectivity index (χ0v) is 11.8. The summed E-state index contributed by atoms with van der Waals surface area (Å²) in [5, 5.41) is 3.14. The lowest BCUT2D eigenvalue weighted by molar-refractivity contribution is 0.348. The Labute approximate surface area is 122 Å². The van der Waals surface area contributed by atoms with Crippen molar-refractivity contribution in [3.8, 4) is 5.75 Å². The maximum Gasteiger partial charge on any atom is 0.129 e. The number of nitrogens with one attached hydrogen (secondary N) is 1. The Morgan fingerprint density at radius 1 is 1.14 bits per heavy atom. The molecule has 1 aliphatic heterocycles. The molecule has 0 bridgehead atoms. The number of para-hydroxylation sites is 1. The van der Waals surface area contributed by atoms with Gasteiger partial charge in [0.2, 0.25) is 0 Å². The Bertz CT molecular complexity index is 637. The van der Waals surface area contributed by atoms with Gasteiger partial charge in [-0.3, -0.25) is 0 Å². The van der Waals surface area contributed by atoms with Crippen LogP contribution in [-0.2, 0) is 12.8 Å². The minimum atomic E-state index is -0.510. The maximum absolute atomic E-state index is 13.8. The molecule has 1 unspecified atom stereocenters. The number of hydrogen-bond donors (Lipinski definition) is 1. The van der Waals surface area contributed by atoms with Gasteiger partial charge in [0.15, 0.2) is 0 Å². The zero-order valence-electron chi connectivity index (χ0n) is 11.8. The SMILES string of the molecule is CNC(Cc1c(F)cccc1F)c1cccc2c1OCC2. The van der Waals surface area contributed by atoms with Crippen molar-refractivity contribution < 1.29 is 13.5 Å². The molecule has 2 aromatic carbocycles. The van der Waals surface area contributed by atoms with Gasteiger partial charge >= 0.3 is 0 Å². The molecule has 0 aromatic heterocycles. The fourth-order valence-electron chi connectivity index (χ4n) is 2.81. The summed E-state index contributed by atoms with van der Waals surface area (Å²) in [7, 11) is 1.79. The summed E-state index contributed by atoms with van der Waals surface area (Å²) in [6.07, 6.45) is 1.13. The van der Waals surface area contributed by atoms with Crippen LogP contribution < -0.4 is 10.1 Å². The highest BCUT2D eigenvalue weighted by Crippen LogP contribution is 2.35. The van der Waals surface area contributed by atoms with Crippen molar-refractivity contribution in [2.75, 3.05) is 13.7 Å². The lowest BCUT2D eigenvalue weighted by atomic mass is 9.95. The molecule has 4 heteroatoms. The first-order valence-corrected chi connectivity index (χ1v) is 7.05. The van der Waals surface area contributed by atoms with Gasteiger partial charge in [-0.15, -0.1) is 0 Å². The number of halogens is 2. The fraction of sp³-hybridized carbons (Fsp3) is 0.294. The van der Waals surface area contributed by atoms with Crippen LogP contribution in [0.25, 0.3) is 0 Å². The van der Waals surface area contributed by atoms with Crippen LogP contribution in [-0.4, -0.2) is 13.7 Å².